The van der Waals surface area contributed by atoms with Crippen molar-refractivity contribution in [2.24, 2.45) is 0 Å². The highest BCUT2D eigenvalue weighted by atomic mass is 16.5. The second-order valence-electron chi connectivity index (χ2n) is 4.06. The molecule has 0 spiro atoms. The minimum atomic E-state index is 0.527. The Bertz CT molecular complexity index is 530. The summed E-state index contributed by atoms with van der Waals surface area (Å²) in [6.45, 7) is 3.25. The second kappa shape index (κ2) is 6.58. The SMILES string of the molecule is CCc1cc(NCCOc2ccccc2N)ncn1. The predicted molar refractivity (Wildman–Crippen MR) is 76.2 cm³/mol. The molecule has 0 fully saturated rings. The number of nitrogens with zero attached hydrogens (tertiary/aromatic N) is 2. The molecule has 0 amide bonds. The molecule has 0 aliphatic heterocycles. The Morgan fingerprint density at radius 2 is 2.11 bits per heavy atom. The molecule has 3 N–H and O–H groups in total. The molecular formula is C14H18N4O. The zero-order chi connectivity index (χ0) is 13.5. The van der Waals surface area contributed by atoms with Crippen LogP contribution in [0.1, 0.15) is 12.6 Å². The van der Waals surface area contributed by atoms with Gasteiger partial charge in [-0.15, -0.1) is 0 Å². The predicted octanol–water partition coefficient (Wildman–Crippen LogP) is 2.11. The third-order valence-electron chi connectivity index (χ3n) is 2.67. The Morgan fingerprint density at radius 1 is 1.26 bits per heavy atom. The summed E-state index contributed by atoms with van der Waals surface area (Å²) >= 11 is 0. The van der Waals surface area contributed by atoms with Gasteiger partial charge in [-0.1, -0.05) is 19.1 Å². The number of nitrogens with one attached hydrogen (secondary N) is 1. The highest BCUT2D eigenvalue weighted by Gasteiger charge is 1.99. The lowest BCUT2D eigenvalue weighted by molar-refractivity contribution is 0.334. The molecule has 2 rings (SSSR count). The van der Waals surface area contributed by atoms with Crippen LogP contribution in [0.5, 0.6) is 5.75 Å². The molecule has 100 valence electrons. The molecule has 1 heterocycles. The first-order valence-electron chi connectivity index (χ1n) is 6.31. The van der Waals surface area contributed by atoms with Gasteiger partial charge in [0.1, 0.15) is 24.5 Å². The lowest BCUT2D eigenvalue weighted by atomic mass is 10.3. The van der Waals surface area contributed by atoms with Crippen LogP contribution in [0.25, 0.3) is 0 Å². The van der Waals surface area contributed by atoms with E-state index >= 15 is 0 Å². The number of hydrogen-bond acceptors (Lipinski definition) is 5. The number of aromatic nitrogens is 2. The van der Waals surface area contributed by atoms with Crippen molar-refractivity contribution in [3.05, 3.63) is 42.4 Å². The Kier molecular flexibility index (Phi) is 4.55. The van der Waals surface area contributed by atoms with E-state index in [9.17, 15) is 0 Å². The van der Waals surface area contributed by atoms with Crippen molar-refractivity contribution in [2.75, 3.05) is 24.2 Å². The van der Waals surface area contributed by atoms with Gasteiger partial charge in [-0.2, -0.15) is 0 Å². The lowest BCUT2D eigenvalue weighted by Gasteiger charge is -2.09. The van der Waals surface area contributed by atoms with Gasteiger partial charge < -0.3 is 15.8 Å². The molecule has 19 heavy (non-hydrogen) atoms. The summed E-state index contributed by atoms with van der Waals surface area (Å²) in [5.74, 6) is 1.53. The van der Waals surface area contributed by atoms with Crippen molar-refractivity contribution in [1.29, 1.82) is 0 Å². The average Bonchev–Trinajstić information content (AvgIpc) is 2.45. The molecule has 0 aliphatic rings. The maximum atomic E-state index is 5.79. The first kappa shape index (κ1) is 13.1. The summed E-state index contributed by atoms with van der Waals surface area (Å²) < 4.78 is 5.58. The van der Waals surface area contributed by atoms with Gasteiger partial charge in [0, 0.05) is 11.8 Å². The summed E-state index contributed by atoms with van der Waals surface area (Å²) in [7, 11) is 0. The van der Waals surface area contributed by atoms with Crippen LogP contribution in [-0.4, -0.2) is 23.1 Å². The van der Waals surface area contributed by atoms with Gasteiger partial charge in [-0.25, -0.2) is 9.97 Å². The van der Waals surface area contributed by atoms with Crippen LogP contribution in [0.3, 0.4) is 0 Å². The third-order valence-corrected chi connectivity index (χ3v) is 2.67. The summed E-state index contributed by atoms with van der Waals surface area (Å²) in [4.78, 5) is 8.29. The number of para-hydroxylation sites is 2. The molecule has 0 saturated heterocycles. The van der Waals surface area contributed by atoms with Crippen LogP contribution in [0.2, 0.25) is 0 Å². The number of hydrogen-bond donors (Lipinski definition) is 2. The highest BCUT2D eigenvalue weighted by Crippen LogP contribution is 2.19. The van der Waals surface area contributed by atoms with Crippen molar-refractivity contribution < 1.29 is 4.74 Å². The van der Waals surface area contributed by atoms with Gasteiger partial charge in [0.25, 0.3) is 0 Å². The smallest absolute Gasteiger partial charge is 0.142 e. The van der Waals surface area contributed by atoms with E-state index in [-0.39, 0.29) is 0 Å². The Balaban J connectivity index is 1.79. The van der Waals surface area contributed by atoms with Crippen LogP contribution < -0.4 is 15.8 Å². The lowest BCUT2D eigenvalue weighted by Crippen LogP contribution is -2.13. The molecule has 0 radical (unpaired) electrons. The molecule has 0 atom stereocenters. The number of nitrogens with two attached hydrogens (primary N) is 1. The van der Waals surface area contributed by atoms with Crippen LogP contribution in [0.15, 0.2) is 36.7 Å². The normalized spacial score (nSPS) is 10.2. The van der Waals surface area contributed by atoms with E-state index in [2.05, 4.69) is 22.2 Å². The maximum absolute atomic E-state index is 5.79. The topological polar surface area (TPSA) is 73.1 Å². The van der Waals surface area contributed by atoms with E-state index in [0.717, 1.165) is 17.9 Å². The number of aryl methyl sites for hydroxylation is 1. The number of benzene rings is 1. The molecule has 1 aromatic heterocycles. The molecule has 0 bridgehead atoms. The molecule has 0 aliphatic carbocycles. The van der Waals surface area contributed by atoms with Crippen LogP contribution in [-0.2, 0) is 6.42 Å². The first-order valence-corrected chi connectivity index (χ1v) is 6.31. The quantitative estimate of drug-likeness (QED) is 0.613. The van der Waals surface area contributed by atoms with Crippen LogP contribution in [0.4, 0.5) is 11.5 Å². The summed E-state index contributed by atoms with van der Waals surface area (Å²) in [5, 5.41) is 3.19. The second-order valence-corrected chi connectivity index (χ2v) is 4.06. The largest absolute Gasteiger partial charge is 0.490 e. The molecule has 1 aromatic carbocycles. The van der Waals surface area contributed by atoms with Crippen molar-refractivity contribution in [2.45, 2.75) is 13.3 Å². The number of nitrogen functional groups attached to an aromatic ring is 1. The van der Waals surface area contributed by atoms with E-state index < -0.39 is 0 Å². The Morgan fingerprint density at radius 3 is 2.89 bits per heavy atom. The third kappa shape index (κ3) is 3.84. The summed E-state index contributed by atoms with van der Waals surface area (Å²) in [5.41, 5.74) is 7.46. The van der Waals surface area contributed by atoms with Gasteiger partial charge in [0.15, 0.2) is 0 Å². The molecule has 5 heteroatoms. The average molecular weight is 258 g/mol. The van der Waals surface area contributed by atoms with E-state index in [1.54, 1.807) is 6.33 Å². The zero-order valence-electron chi connectivity index (χ0n) is 11.0. The molecule has 0 saturated carbocycles. The molecular weight excluding hydrogens is 240 g/mol. The van der Waals surface area contributed by atoms with Gasteiger partial charge in [0.05, 0.1) is 12.2 Å². The maximum Gasteiger partial charge on any atom is 0.142 e. The van der Waals surface area contributed by atoms with Crippen LogP contribution >= 0.6 is 0 Å². The summed E-state index contributed by atoms with van der Waals surface area (Å²) in [6, 6.07) is 9.40. The minimum Gasteiger partial charge on any atom is -0.490 e. The molecule has 2 aromatic rings. The number of anilines is 2. The van der Waals surface area contributed by atoms with E-state index in [1.807, 2.05) is 30.3 Å². The van der Waals surface area contributed by atoms with E-state index in [4.69, 9.17) is 10.5 Å². The monoisotopic (exact) mass is 258 g/mol. The van der Waals surface area contributed by atoms with Crippen molar-refractivity contribution in [3.63, 3.8) is 0 Å². The van der Waals surface area contributed by atoms with Crippen LogP contribution in [0, 0.1) is 0 Å². The van der Waals surface area contributed by atoms with Crippen molar-refractivity contribution in [1.82, 2.24) is 9.97 Å². The van der Waals surface area contributed by atoms with E-state index in [0.29, 0.717) is 24.6 Å². The highest BCUT2D eigenvalue weighted by molar-refractivity contribution is 5.51. The summed E-state index contributed by atoms with van der Waals surface area (Å²) in [6.07, 6.45) is 2.46. The number of ether oxygens (including phenoxy) is 1. The Labute approximate surface area is 112 Å². The first-order chi connectivity index (χ1) is 9.29. The van der Waals surface area contributed by atoms with Gasteiger partial charge in [-0.3, -0.25) is 0 Å². The number of rotatable bonds is 6. The fourth-order valence-electron chi connectivity index (χ4n) is 1.64. The van der Waals surface area contributed by atoms with Crippen molar-refractivity contribution in [3.8, 4) is 5.75 Å². The van der Waals surface area contributed by atoms with Gasteiger partial charge in [-0.05, 0) is 18.6 Å². The fraction of sp³-hybridized carbons (Fsp3) is 0.286. The van der Waals surface area contributed by atoms with Gasteiger partial charge in [0.2, 0.25) is 0 Å². The van der Waals surface area contributed by atoms with E-state index in [1.165, 1.54) is 0 Å². The fourth-order valence-corrected chi connectivity index (χ4v) is 1.64. The Hall–Kier alpha value is -2.30. The molecule has 5 nitrogen and oxygen atoms in total. The minimum absolute atomic E-state index is 0.527. The van der Waals surface area contributed by atoms with Crippen molar-refractivity contribution >= 4 is 11.5 Å². The zero-order valence-corrected chi connectivity index (χ0v) is 11.0. The van der Waals surface area contributed by atoms with Gasteiger partial charge >= 0.3 is 0 Å². The molecule has 0 unspecified atom stereocenters. The standard InChI is InChI=1S/C14H18N4O/c1-2-11-9-14(18-10-17-11)16-7-8-19-13-6-4-3-5-12(13)15/h3-6,9-10H,2,7-8,15H2,1H3,(H,16,17,18).